The first-order valence-electron chi connectivity index (χ1n) is 12.6. The highest BCUT2D eigenvalue weighted by atomic mass is 16.5. The van der Waals surface area contributed by atoms with E-state index in [4.69, 9.17) is 4.74 Å². The number of nitrogens with zero attached hydrogens (tertiary/aromatic N) is 2. The molecule has 0 aromatic carbocycles. The van der Waals surface area contributed by atoms with E-state index in [1.807, 2.05) is 34.6 Å². The lowest BCUT2D eigenvalue weighted by Crippen LogP contribution is -2.60. The number of rotatable bonds is 9. The van der Waals surface area contributed by atoms with Crippen LogP contribution in [0.25, 0.3) is 0 Å². The summed E-state index contributed by atoms with van der Waals surface area (Å²) in [5.74, 6) is -0.468. The van der Waals surface area contributed by atoms with Crippen molar-refractivity contribution in [2.75, 3.05) is 20.2 Å². The Balaban J connectivity index is 2.21. The zero-order valence-electron chi connectivity index (χ0n) is 21.9. The number of esters is 1. The van der Waals surface area contributed by atoms with Crippen LogP contribution in [0.1, 0.15) is 80.6 Å². The maximum absolute atomic E-state index is 13.7. The van der Waals surface area contributed by atoms with Gasteiger partial charge in [-0.3, -0.25) is 14.5 Å². The van der Waals surface area contributed by atoms with Gasteiger partial charge >= 0.3 is 5.97 Å². The molecule has 2 aliphatic rings. The quantitative estimate of drug-likeness (QED) is 0.418. The summed E-state index contributed by atoms with van der Waals surface area (Å²) in [6.45, 7) is 14.7. The van der Waals surface area contributed by atoms with Crippen LogP contribution in [0.3, 0.4) is 0 Å². The normalized spacial score (nSPS) is 22.0. The molecule has 1 unspecified atom stereocenters. The summed E-state index contributed by atoms with van der Waals surface area (Å²) >= 11 is 0. The van der Waals surface area contributed by atoms with Gasteiger partial charge in [0.1, 0.15) is 6.04 Å². The van der Waals surface area contributed by atoms with E-state index in [2.05, 4.69) is 10.2 Å². The molecule has 0 aromatic rings. The number of hydrogen-bond donors (Lipinski definition) is 1. The first-order valence-corrected chi connectivity index (χ1v) is 12.6. The van der Waals surface area contributed by atoms with Crippen molar-refractivity contribution >= 4 is 17.8 Å². The van der Waals surface area contributed by atoms with Crippen LogP contribution < -0.4 is 5.32 Å². The Morgan fingerprint density at radius 1 is 1.15 bits per heavy atom. The van der Waals surface area contributed by atoms with E-state index in [9.17, 15) is 14.4 Å². The minimum absolute atomic E-state index is 0.0392. The second kappa shape index (κ2) is 11.5. The molecule has 2 amide bonds. The van der Waals surface area contributed by atoms with E-state index in [1.165, 1.54) is 0 Å². The van der Waals surface area contributed by atoms with E-state index in [0.717, 1.165) is 38.6 Å². The van der Waals surface area contributed by atoms with Crippen molar-refractivity contribution in [3.63, 3.8) is 0 Å². The Morgan fingerprint density at radius 3 is 2.30 bits per heavy atom. The molecule has 0 radical (unpaired) electrons. The Kier molecular flexibility index (Phi) is 9.53. The fraction of sp³-hybridized carbons (Fsp3) is 0.808. The monoisotopic (exact) mass is 463 g/mol. The van der Waals surface area contributed by atoms with Gasteiger partial charge in [-0.2, -0.15) is 0 Å². The Bertz CT molecular complexity index is 736. The van der Waals surface area contributed by atoms with Gasteiger partial charge in [0.05, 0.1) is 18.7 Å². The van der Waals surface area contributed by atoms with Crippen LogP contribution >= 0.6 is 0 Å². The number of ether oxygens (including phenoxy) is 1. The minimum Gasteiger partial charge on any atom is -0.463 e. The van der Waals surface area contributed by atoms with Gasteiger partial charge in [-0.1, -0.05) is 47.1 Å². The summed E-state index contributed by atoms with van der Waals surface area (Å²) in [6, 6.07) is -0.577. The second-order valence-corrected chi connectivity index (χ2v) is 11.0. The molecule has 7 nitrogen and oxygen atoms in total. The van der Waals surface area contributed by atoms with E-state index in [-0.39, 0.29) is 35.8 Å². The maximum atomic E-state index is 13.7. The highest BCUT2D eigenvalue weighted by molar-refractivity contribution is 5.91. The molecule has 1 aliphatic heterocycles. The summed E-state index contributed by atoms with van der Waals surface area (Å²) in [5.41, 5.74) is 0.0236. The number of carbonyl (C=O) groups excluding carboxylic acids is 3. The third kappa shape index (κ3) is 7.29. The molecule has 3 atom stereocenters. The van der Waals surface area contributed by atoms with Crippen molar-refractivity contribution in [1.29, 1.82) is 0 Å². The molecule has 2 rings (SSSR count). The number of hydrogen-bond acceptors (Lipinski definition) is 5. The summed E-state index contributed by atoms with van der Waals surface area (Å²) in [5, 5.41) is 3.13. The van der Waals surface area contributed by atoms with Crippen molar-refractivity contribution < 1.29 is 19.1 Å². The molecule has 33 heavy (non-hydrogen) atoms. The fourth-order valence-corrected chi connectivity index (χ4v) is 4.64. The van der Waals surface area contributed by atoms with Crippen LogP contribution in [0.4, 0.5) is 0 Å². The highest BCUT2D eigenvalue weighted by Gasteiger charge is 2.42. The number of piperidine rings is 1. The molecule has 188 valence electrons. The Labute approximate surface area is 200 Å². The van der Waals surface area contributed by atoms with Crippen molar-refractivity contribution in [3.8, 4) is 0 Å². The van der Waals surface area contributed by atoms with E-state index in [1.54, 1.807) is 31.9 Å². The van der Waals surface area contributed by atoms with Gasteiger partial charge in [0, 0.05) is 18.7 Å². The van der Waals surface area contributed by atoms with E-state index < -0.39 is 11.5 Å². The second-order valence-electron chi connectivity index (χ2n) is 11.0. The smallest absolute Gasteiger partial charge is 0.333 e. The summed E-state index contributed by atoms with van der Waals surface area (Å²) in [6.07, 6.45) is 7.15. The lowest BCUT2D eigenvalue weighted by Gasteiger charge is -2.40. The lowest BCUT2D eigenvalue weighted by molar-refractivity contribution is -0.142. The van der Waals surface area contributed by atoms with Crippen LogP contribution in [0.5, 0.6) is 0 Å². The van der Waals surface area contributed by atoms with Crippen molar-refractivity contribution in [2.24, 2.45) is 11.3 Å². The van der Waals surface area contributed by atoms with Gasteiger partial charge < -0.3 is 15.0 Å². The number of nitrogens with one attached hydrogen (secondary N) is 1. The minimum atomic E-state index is -0.657. The Morgan fingerprint density at radius 2 is 1.79 bits per heavy atom. The molecular weight excluding hydrogens is 418 g/mol. The predicted octanol–water partition coefficient (Wildman–Crippen LogP) is 3.53. The van der Waals surface area contributed by atoms with Crippen LogP contribution in [-0.4, -0.2) is 72.0 Å². The maximum Gasteiger partial charge on any atom is 0.333 e. The first-order chi connectivity index (χ1) is 15.4. The van der Waals surface area contributed by atoms with Gasteiger partial charge in [-0.15, -0.1) is 0 Å². The highest BCUT2D eigenvalue weighted by Crippen LogP contribution is 2.33. The summed E-state index contributed by atoms with van der Waals surface area (Å²) in [4.78, 5) is 43.2. The molecule has 1 saturated carbocycles. The molecule has 1 heterocycles. The van der Waals surface area contributed by atoms with Crippen LogP contribution in [0, 0.1) is 11.3 Å². The molecule has 0 bridgehead atoms. The van der Waals surface area contributed by atoms with Gasteiger partial charge in [0.2, 0.25) is 11.8 Å². The Hall–Kier alpha value is -1.89. The van der Waals surface area contributed by atoms with Crippen molar-refractivity contribution in [1.82, 2.24) is 15.1 Å². The number of likely N-dealkylation sites (N-methyl/N-ethyl adjacent to an activating group) is 1. The zero-order valence-corrected chi connectivity index (χ0v) is 21.9. The zero-order chi connectivity index (χ0) is 24.9. The van der Waals surface area contributed by atoms with E-state index >= 15 is 0 Å². The molecule has 0 aromatic heterocycles. The lowest BCUT2D eigenvalue weighted by atomic mass is 9.84. The average molecular weight is 464 g/mol. The molecule has 7 heteroatoms. The van der Waals surface area contributed by atoms with Crippen LogP contribution in [0.2, 0.25) is 0 Å². The number of amides is 2. The average Bonchev–Trinajstić information content (AvgIpc) is 3.59. The van der Waals surface area contributed by atoms with Gasteiger partial charge in [0.25, 0.3) is 0 Å². The molecule has 1 saturated heterocycles. The largest absolute Gasteiger partial charge is 0.463 e. The number of likely N-dealkylation sites (tertiary alicyclic amines) is 1. The third-order valence-corrected chi connectivity index (χ3v) is 6.76. The van der Waals surface area contributed by atoms with Gasteiger partial charge in [-0.25, -0.2) is 4.79 Å². The number of carbonyl (C=O) groups is 3. The summed E-state index contributed by atoms with van der Waals surface area (Å²) in [7, 11) is 1.75. The molecule has 1 N–H and O–H groups in total. The van der Waals surface area contributed by atoms with E-state index in [0.29, 0.717) is 18.2 Å². The fourth-order valence-electron chi connectivity index (χ4n) is 4.64. The van der Waals surface area contributed by atoms with Crippen LogP contribution in [0.15, 0.2) is 11.6 Å². The predicted molar refractivity (Wildman–Crippen MR) is 131 cm³/mol. The van der Waals surface area contributed by atoms with Crippen molar-refractivity contribution in [2.45, 2.75) is 105 Å². The van der Waals surface area contributed by atoms with Crippen LogP contribution in [-0.2, 0) is 19.1 Å². The molecular formula is C26H45N3O4. The SMILES string of the molecule is CCOC(=O)C(C)=C[C@H](C(C)C)N(C)C(=O)[C@@H](NC(=O)C1CCCCN1C1CC1)C(C)(C)C. The molecule has 1 aliphatic carbocycles. The molecule has 2 fully saturated rings. The third-order valence-electron chi connectivity index (χ3n) is 6.76. The van der Waals surface area contributed by atoms with Crippen molar-refractivity contribution in [3.05, 3.63) is 11.6 Å². The first kappa shape index (κ1) is 27.4. The van der Waals surface area contributed by atoms with Gasteiger partial charge in [0.15, 0.2) is 0 Å². The topological polar surface area (TPSA) is 79.0 Å². The standard InChI is InChI=1S/C26H45N3O4/c1-9-33-25(32)18(4)16-21(17(2)3)28(8)24(31)22(26(5,6)7)27-23(30)20-12-10-11-15-29(20)19-13-14-19/h16-17,19-22H,9-15H2,1-8H3,(H,27,30)/t20?,21-,22-/m1/s1. The molecule has 0 spiro atoms. The summed E-state index contributed by atoms with van der Waals surface area (Å²) < 4.78 is 5.11. The van der Waals surface area contributed by atoms with Gasteiger partial charge in [-0.05, 0) is 57.4 Å².